The fourth-order valence-corrected chi connectivity index (χ4v) is 1.70. The molecule has 20 heavy (non-hydrogen) atoms. The molecule has 0 amide bonds. The Morgan fingerprint density at radius 1 is 1.20 bits per heavy atom. The molecule has 0 aliphatic rings. The maximum Gasteiger partial charge on any atom is 0.240 e. The molecule has 8 heteroatoms. The zero-order chi connectivity index (χ0) is 13.9. The minimum absolute atomic E-state index is 0.103. The van der Waals surface area contributed by atoms with Crippen molar-refractivity contribution in [3.8, 4) is 23.2 Å². The van der Waals surface area contributed by atoms with Crippen molar-refractivity contribution in [2.75, 3.05) is 12.8 Å². The van der Waals surface area contributed by atoms with Crippen LogP contribution in [0.3, 0.4) is 0 Å². The molecule has 0 fully saturated rings. The van der Waals surface area contributed by atoms with E-state index in [9.17, 15) is 0 Å². The Morgan fingerprint density at radius 2 is 2.10 bits per heavy atom. The van der Waals surface area contributed by atoms with Crippen LogP contribution < -0.4 is 10.5 Å². The Bertz CT molecular complexity index is 726. The van der Waals surface area contributed by atoms with Crippen molar-refractivity contribution in [3.05, 3.63) is 37.1 Å². The number of anilines is 1. The van der Waals surface area contributed by atoms with Gasteiger partial charge in [-0.25, -0.2) is 9.97 Å². The van der Waals surface area contributed by atoms with Crippen LogP contribution in [0.15, 0.2) is 37.1 Å². The molecule has 0 radical (unpaired) electrons. The van der Waals surface area contributed by atoms with Crippen LogP contribution in [-0.4, -0.2) is 36.6 Å². The number of rotatable bonds is 3. The van der Waals surface area contributed by atoms with Crippen LogP contribution in [0.25, 0.3) is 17.5 Å². The highest BCUT2D eigenvalue weighted by Crippen LogP contribution is 2.24. The number of nitrogens with zero attached hydrogens (tertiary/aromatic N) is 6. The highest BCUT2D eigenvalue weighted by molar-refractivity contribution is 5.59. The minimum Gasteiger partial charge on any atom is -0.494 e. The summed E-state index contributed by atoms with van der Waals surface area (Å²) < 4.78 is 6.88. The van der Waals surface area contributed by atoms with E-state index < -0.39 is 0 Å². The second-order valence-electron chi connectivity index (χ2n) is 3.84. The van der Waals surface area contributed by atoms with E-state index in [2.05, 4.69) is 24.9 Å². The number of nitrogens with two attached hydrogens (primary N) is 1. The number of ether oxygens (including phenoxy) is 1. The summed E-state index contributed by atoms with van der Waals surface area (Å²) in [5.74, 6) is 1.39. The molecule has 0 saturated carbocycles. The Balaban J connectivity index is 2.15. The lowest BCUT2D eigenvalue weighted by molar-refractivity contribution is 0.414. The van der Waals surface area contributed by atoms with Gasteiger partial charge in [0.05, 0.1) is 7.11 Å². The summed E-state index contributed by atoms with van der Waals surface area (Å²) in [6, 6.07) is 3.54. The third kappa shape index (κ3) is 2.14. The molecule has 3 aromatic rings. The standard InChI is InChI=1S/C12H11N7O/c1-20-8-3-2-4-15-9(8)10-16-11(13)18-12(17-10)19-6-5-14-7-19/h2-7H,1H3,(H2,13,16,17,18). The van der Waals surface area contributed by atoms with Crippen LogP contribution in [-0.2, 0) is 0 Å². The molecule has 2 N–H and O–H groups in total. The Morgan fingerprint density at radius 3 is 2.85 bits per heavy atom. The molecule has 0 aliphatic heterocycles. The Hall–Kier alpha value is -3.03. The number of nitrogen functional groups attached to an aromatic ring is 1. The zero-order valence-corrected chi connectivity index (χ0v) is 10.6. The average molecular weight is 269 g/mol. The monoisotopic (exact) mass is 269 g/mol. The number of methoxy groups -OCH3 is 1. The molecule has 0 aromatic carbocycles. The van der Waals surface area contributed by atoms with Crippen molar-refractivity contribution in [2.45, 2.75) is 0 Å². The van der Waals surface area contributed by atoms with Gasteiger partial charge in [-0.3, -0.25) is 4.57 Å². The fourth-order valence-electron chi connectivity index (χ4n) is 1.70. The van der Waals surface area contributed by atoms with Gasteiger partial charge in [-0.05, 0) is 12.1 Å². The van der Waals surface area contributed by atoms with Crippen LogP contribution in [0.2, 0.25) is 0 Å². The van der Waals surface area contributed by atoms with Gasteiger partial charge in [-0.2, -0.15) is 15.0 Å². The van der Waals surface area contributed by atoms with Gasteiger partial charge in [0.25, 0.3) is 0 Å². The Labute approximate surface area is 114 Å². The summed E-state index contributed by atoms with van der Waals surface area (Å²) in [7, 11) is 1.56. The van der Waals surface area contributed by atoms with E-state index in [4.69, 9.17) is 10.5 Å². The summed E-state index contributed by atoms with van der Waals surface area (Å²) >= 11 is 0. The largest absolute Gasteiger partial charge is 0.494 e. The number of hydrogen-bond acceptors (Lipinski definition) is 7. The predicted molar refractivity (Wildman–Crippen MR) is 71.1 cm³/mol. The van der Waals surface area contributed by atoms with Gasteiger partial charge in [0, 0.05) is 18.6 Å². The van der Waals surface area contributed by atoms with Crippen LogP contribution >= 0.6 is 0 Å². The molecule has 0 spiro atoms. The van der Waals surface area contributed by atoms with Gasteiger partial charge < -0.3 is 10.5 Å². The molecule has 8 nitrogen and oxygen atoms in total. The van der Waals surface area contributed by atoms with Gasteiger partial charge in [0.15, 0.2) is 5.82 Å². The number of aromatic nitrogens is 6. The molecule has 0 unspecified atom stereocenters. The van der Waals surface area contributed by atoms with Gasteiger partial charge in [0.2, 0.25) is 11.9 Å². The van der Waals surface area contributed by atoms with E-state index in [0.29, 0.717) is 23.2 Å². The molecule has 3 heterocycles. The predicted octanol–water partition coefficient (Wildman–Crippen LogP) is 0.710. The van der Waals surface area contributed by atoms with Crippen LogP contribution in [0.5, 0.6) is 5.75 Å². The lowest BCUT2D eigenvalue weighted by atomic mass is 10.3. The molecule has 3 rings (SSSR count). The lowest BCUT2D eigenvalue weighted by Crippen LogP contribution is -2.07. The maximum absolute atomic E-state index is 5.73. The van der Waals surface area contributed by atoms with E-state index in [1.54, 1.807) is 48.7 Å². The molecule has 3 aromatic heterocycles. The molecule has 0 aliphatic carbocycles. The highest BCUT2D eigenvalue weighted by Gasteiger charge is 2.13. The first-order valence-corrected chi connectivity index (χ1v) is 5.77. The van der Waals surface area contributed by atoms with Gasteiger partial charge in [0.1, 0.15) is 17.8 Å². The normalized spacial score (nSPS) is 10.4. The third-order valence-corrected chi connectivity index (χ3v) is 2.58. The Kier molecular flexibility index (Phi) is 2.96. The van der Waals surface area contributed by atoms with Crippen molar-refractivity contribution in [3.63, 3.8) is 0 Å². The first-order valence-electron chi connectivity index (χ1n) is 5.77. The van der Waals surface area contributed by atoms with Crippen molar-refractivity contribution in [2.24, 2.45) is 0 Å². The van der Waals surface area contributed by atoms with Crippen molar-refractivity contribution >= 4 is 5.95 Å². The first-order chi connectivity index (χ1) is 9.78. The lowest BCUT2D eigenvalue weighted by Gasteiger charge is -2.07. The SMILES string of the molecule is COc1cccnc1-c1nc(N)nc(-n2ccnc2)n1. The van der Waals surface area contributed by atoms with Crippen molar-refractivity contribution < 1.29 is 4.74 Å². The molecule has 0 saturated heterocycles. The highest BCUT2D eigenvalue weighted by atomic mass is 16.5. The average Bonchev–Trinajstić information content (AvgIpc) is 3.01. The van der Waals surface area contributed by atoms with E-state index in [1.165, 1.54) is 0 Å². The second kappa shape index (κ2) is 4.92. The maximum atomic E-state index is 5.73. The topological polar surface area (TPSA) is 105 Å². The van der Waals surface area contributed by atoms with E-state index in [0.717, 1.165) is 0 Å². The summed E-state index contributed by atoms with van der Waals surface area (Å²) in [6.07, 6.45) is 6.55. The summed E-state index contributed by atoms with van der Waals surface area (Å²) in [5.41, 5.74) is 6.23. The summed E-state index contributed by atoms with van der Waals surface area (Å²) in [6.45, 7) is 0. The molecule has 0 bridgehead atoms. The summed E-state index contributed by atoms with van der Waals surface area (Å²) in [4.78, 5) is 20.7. The molecular weight excluding hydrogens is 258 g/mol. The van der Waals surface area contributed by atoms with Crippen LogP contribution in [0.1, 0.15) is 0 Å². The van der Waals surface area contributed by atoms with Gasteiger partial charge in [-0.15, -0.1) is 0 Å². The number of hydrogen-bond donors (Lipinski definition) is 1. The summed E-state index contributed by atoms with van der Waals surface area (Å²) in [5, 5.41) is 0. The molecule has 100 valence electrons. The van der Waals surface area contributed by atoms with Gasteiger partial charge in [-0.1, -0.05) is 0 Å². The quantitative estimate of drug-likeness (QED) is 0.746. The van der Waals surface area contributed by atoms with E-state index in [1.807, 2.05) is 0 Å². The van der Waals surface area contributed by atoms with Crippen molar-refractivity contribution in [1.82, 2.24) is 29.5 Å². The van der Waals surface area contributed by atoms with Crippen LogP contribution in [0.4, 0.5) is 5.95 Å². The third-order valence-electron chi connectivity index (χ3n) is 2.58. The first kappa shape index (κ1) is 12.0. The van der Waals surface area contributed by atoms with E-state index in [-0.39, 0.29) is 5.95 Å². The number of pyridine rings is 1. The van der Waals surface area contributed by atoms with Crippen LogP contribution in [0, 0.1) is 0 Å². The number of imidazole rings is 1. The van der Waals surface area contributed by atoms with Gasteiger partial charge >= 0.3 is 0 Å². The molecule has 0 atom stereocenters. The molecular formula is C12H11N7O. The minimum atomic E-state index is 0.103. The second-order valence-corrected chi connectivity index (χ2v) is 3.84. The van der Waals surface area contributed by atoms with Crippen molar-refractivity contribution in [1.29, 1.82) is 0 Å². The fraction of sp³-hybridized carbons (Fsp3) is 0.0833. The zero-order valence-electron chi connectivity index (χ0n) is 10.6. The smallest absolute Gasteiger partial charge is 0.240 e. The van der Waals surface area contributed by atoms with E-state index >= 15 is 0 Å².